The average molecular weight is 380 g/mol. The summed E-state index contributed by atoms with van der Waals surface area (Å²) in [7, 11) is -2.16. The summed E-state index contributed by atoms with van der Waals surface area (Å²) in [5.41, 5.74) is 1.07. The van der Waals surface area contributed by atoms with Gasteiger partial charge in [0, 0.05) is 36.2 Å². The van der Waals surface area contributed by atoms with E-state index < -0.39 is 10.0 Å². The number of nitrogens with one attached hydrogen (secondary N) is 3. The number of sulfonamides is 1. The zero-order valence-electron chi connectivity index (χ0n) is 13.1. The highest BCUT2D eigenvalue weighted by molar-refractivity contribution is 7.99. The quantitative estimate of drug-likeness (QED) is 0.719. The van der Waals surface area contributed by atoms with Crippen LogP contribution in [0, 0.1) is 6.92 Å². The van der Waals surface area contributed by atoms with Crippen molar-refractivity contribution in [2.45, 2.75) is 24.3 Å². The molecule has 1 aliphatic heterocycles. The maximum absolute atomic E-state index is 12.1. The molecule has 1 amide bonds. The van der Waals surface area contributed by atoms with Gasteiger partial charge in [-0.2, -0.15) is 11.8 Å². The van der Waals surface area contributed by atoms with Crippen LogP contribution in [-0.4, -0.2) is 45.5 Å². The largest absolute Gasteiger partial charge is 0.326 e. The third kappa shape index (κ3) is 5.36. The van der Waals surface area contributed by atoms with Gasteiger partial charge in [0.2, 0.25) is 15.9 Å². The molecule has 1 fully saturated rings. The molecule has 9 heteroatoms. The van der Waals surface area contributed by atoms with Gasteiger partial charge in [0.15, 0.2) is 0 Å². The molecule has 1 saturated heterocycles. The molecule has 23 heavy (non-hydrogen) atoms. The number of halogens is 1. The molecule has 130 valence electrons. The predicted molar refractivity (Wildman–Crippen MR) is 97.0 cm³/mol. The van der Waals surface area contributed by atoms with E-state index in [1.165, 1.54) is 13.1 Å². The molecule has 1 atom stereocenters. The number of amides is 1. The number of carbonyl (C=O) groups is 1. The Labute approximate surface area is 147 Å². The van der Waals surface area contributed by atoms with Crippen LogP contribution in [0.4, 0.5) is 5.69 Å². The van der Waals surface area contributed by atoms with Crippen molar-refractivity contribution >= 4 is 45.8 Å². The Bertz CT molecular complexity index is 647. The zero-order chi connectivity index (χ0) is 16.2. The van der Waals surface area contributed by atoms with Crippen molar-refractivity contribution in [3.05, 3.63) is 23.8 Å². The topological polar surface area (TPSA) is 87.3 Å². The molecule has 0 radical (unpaired) electrons. The van der Waals surface area contributed by atoms with Gasteiger partial charge < -0.3 is 10.6 Å². The van der Waals surface area contributed by atoms with Crippen molar-refractivity contribution in [2.75, 3.05) is 30.4 Å². The molecule has 0 bridgehead atoms. The second-order valence-corrected chi connectivity index (χ2v) is 8.12. The number of benzene rings is 1. The second-order valence-electron chi connectivity index (χ2n) is 5.11. The van der Waals surface area contributed by atoms with E-state index in [9.17, 15) is 13.2 Å². The lowest BCUT2D eigenvalue weighted by molar-refractivity contribution is -0.116. The Morgan fingerprint density at radius 2 is 2.17 bits per heavy atom. The van der Waals surface area contributed by atoms with Gasteiger partial charge in [-0.05, 0) is 31.7 Å². The number of carbonyl (C=O) groups excluding carboxylic acids is 1. The molecular weight excluding hydrogens is 358 g/mol. The van der Waals surface area contributed by atoms with E-state index >= 15 is 0 Å². The normalized spacial score (nSPS) is 18.1. The van der Waals surface area contributed by atoms with Gasteiger partial charge in [-0.3, -0.25) is 4.79 Å². The van der Waals surface area contributed by atoms with Gasteiger partial charge in [-0.15, -0.1) is 12.4 Å². The van der Waals surface area contributed by atoms with Gasteiger partial charge in [0.25, 0.3) is 0 Å². The van der Waals surface area contributed by atoms with Crippen molar-refractivity contribution in [3.63, 3.8) is 0 Å². The molecule has 0 aromatic heterocycles. The first-order chi connectivity index (χ1) is 10.4. The molecule has 2 rings (SSSR count). The highest BCUT2D eigenvalue weighted by Crippen LogP contribution is 2.23. The summed E-state index contributed by atoms with van der Waals surface area (Å²) in [4.78, 5) is 12.3. The van der Waals surface area contributed by atoms with Crippen LogP contribution in [0.25, 0.3) is 0 Å². The number of anilines is 1. The van der Waals surface area contributed by atoms with Gasteiger partial charge in [0.05, 0.1) is 4.90 Å². The first-order valence-electron chi connectivity index (χ1n) is 7.08. The van der Waals surface area contributed by atoms with Crippen LogP contribution >= 0.6 is 24.2 Å². The van der Waals surface area contributed by atoms with Crippen molar-refractivity contribution in [1.29, 1.82) is 0 Å². The van der Waals surface area contributed by atoms with Crippen LogP contribution in [0.5, 0.6) is 0 Å². The van der Waals surface area contributed by atoms with Gasteiger partial charge >= 0.3 is 0 Å². The van der Waals surface area contributed by atoms with E-state index in [2.05, 4.69) is 15.4 Å². The van der Waals surface area contributed by atoms with Gasteiger partial charge in [0.1, 0.15) is 0 Å². The van der Waals surface area contributed by atoms with Crippen LogP contribution in [0.2, 0.25) is 0 Å². The number of hydrogen-bond acceptors (Lipinski definition) is 5. The zero-order valence-corrected chi connectivity index (χ0v) is 15.5. The predicted octanol–water partition coefficient (Wildman–Crippen LogP) is 1.36. The van der Waals surface area contributed by atoms with Crippen LogP contribution in [-0.2, 0) is 14.8 Å². The van der Waals surface area contributed by atoms with Crippen LogP contribution < -0.4 is 15.4 Å². The number of thioether (sulfide) groups is 1. The van der Waals surface area contributed by atoms with E-state index in [-0.39, 0.29) is 29.3 Å². The van der Waals surface area contributed by atoms with Crippen molar-refractivity contribution in [1.82, 2.24) is 10.0 Å². The van der Waals surface area contributed by atoms with Crippen molar-refractivity contribution in [2.24, 2.45) is 0 Å². The Kier molecular flexibility index (Phi) is 7.82. The molecule has 0 aliphatic carbocycles. The molecule has 3 N–H and O–H groups in total. The molecule has 6 nitrogen and oxygen atoms in total. The third-order valence-electron chi connectivity index (χ3n) is 3.55. The molecule has 1 aliphatic rings. The molecule has 1 aromatic rings. The molecule has 0 saturated carbocycles. The van der Waals surface area contributed by atoms with E-state index in [1.54, 1.807) is 19.1 Å². The van der Waals surface area contributed by atoms with E-state index in [4.69, 9.17) is 0 Å². The summed E-state index contributed by atoms with van der Waals surface area (Å²) in [6.45, 7) is 2.60. The van der Waals surface area contributed by atoms with Crippen LogP contribution in [0.1, 0.15) is 12.0 Å². The number of rotatable bonds is 5. The third-order valence-corrected chi connectivity index (χ3v) is 6.24. The number of hydrogen-bond donors (Lipinski definition) is 3. The lowest BCUT2D eigenvalue weighted by Crippen LogP contribution is -2.40. The molecular formula is C14H22ClN3O3S2. The minimum absolute atomic E-state index is 0. The van der Waals surface area contributed by atoms with Crippen LogP contribution in [0.15, 0.2) is 23.1 Å². The highest BCUT2D eigenvalue weighted by atomic mass is 35.5. The summed E-state index contributed by atoms with van der Waals surface area (Å²) in [5.74, 6) is 1.88. The first-order valence-corrected chi connectivity index (χ1v) is 9.72. The minimum Gasteiger partial charge on any atom is -0.326 e. The lowest BCUT2D eigenvalue weighted by atomic mass is 10.1. The lowest BCUT2D eigenvalue weighted by Gasteiger charge is -2.22. The Morgan fingerprint density at radius 1 is 1.43 bits per heavy atom. The highest BCUT2D eigenvalue weighted by Gasteiger charge is 2.19. The smallest absolute Gasteiger partial charge is 0.240 e. The monoisotopic (exact) mass is 379 g/mol. The fraction of sp³-hybridized carbons (Fsp3) is 0.500. The van der Waals surface area contributed by atoms with Crippen LogP contribution in [0.3, 0.4) is 0 Å². The molecule has 1 heterocycles. The average Bonchev–Trinajstić information content (AvgIpc) is 2.50. The first kappa shape index (κ1) is 20.2. The van der Waals surface area contributed by atoms with E-state index in [0.29, 0.717) is 17.7 Å². The summed E-state index contributed by atoms with van der Waals surface area (Å²) in [5, 5.41) is 6.12. The van der Waals surface area contributed by atoms with Crippen molar-refractivity contribution < 1.29 is 13.2 Å². The fourth-order valence-corrected chi connectivity index (χ4v) is 4.27. The molecule has 1 unspecified atom stereocenters. The summed E-state index contributed by atoms with van der Waals surface area (Å²) in [6, 6.07) is 5.03. The molecule has 1 aromatic carbocycles. The summed E-state index contributed by atoms with van der Waals surface area (Å²) < 4.78 is 26.2. The van der Waals surface area contributed by atoms with E-state index in [0.717, 1.165) is 18.1 Å². The maximum atomic E-state index is 12.1. The summed E-state index contributed by atoms with van der Waals surface area (Å²) in [6.07, 6.45) is 0.384. The fourth-order valence-electron chi connectivity index (χ4n) is 2.33. The second kappa shape index (κ2) is 8.89. The minimum atomic E-state index is -3.53. The SMILES string of the molecule is CNS(=O)(=O)c1cccc(NC(=O)CC2CSCCN2)c1C.Cl. The summed E-state index contributed by atoms with van der Waals surface area (Å²) >= 11 is 1.83. The Hall–Kier alpha value is -0.800. The maximum Gasteiger partial charge on any atom is 0.240 e. The van der Waals surface area contributed by atoms with Gasteiger partial charge in [-0.1, -0.05) is 6.07 Å². The Morgan fingerprint density at radius 3 is 2.78 bits per heavy atom. The Balaban J connectivity index is 0.00000264. The van der Waals surface area contributed by atoms with Gasteiger partial charge in [-0.25, -0.2) is 13.1 Å². The molecule has 0 spiro atoms. The standard InChI is InChI=1S/C14H21N3O3S2.ClH/c1-10-12(4-3-5-13(10)22(19,20)15-2)17-14(18)8-11-9-21-7-6-16-11;/h3-5,11,15-16H,6-9H2,1-2H3,(H,17,18);1H. The van der Waals surface area contributed by atoms with Crippen molar-refractivity contribution in [3.8, 4) is 0 Å². The van der Waals surface area contributed by atoms with E-state index in [1.807, 2.05) is 11.8 Å².